The summed E-state index contributed by atoms with van der Waals surface area (Å²) in [6.07, 6.45) is 5.99. The third-order valence-electron chi connectivity index (χ3n) is 5.16. The molecule has 2 aliphatic carbocycles. The van der Waals surface area contributed by atoms with Gasteiger partial charge in [-0.15, -0.1) is 0 Å². The molecule has 0 aromatic heterocycles. The summed E-state index contributed by atoms with van der Waals surface area (Å²) in [6.45, 7) is 9.82. The summed E-state index contributed by atoms with van der Waals surface area (Å²) >= 11 is 0. The van der Waals surface area contributed by atoms with Crippen LogP contribution < -0.4 is 0 Å². The lowest BCUT2D eigenvalue weighted by molar-refractivity contribution is 0.279. The van der Waals surface area contributed by atoms with Gasteiger partial charge in [-0.1, -0.05) is 34.1 Å². The van der Waals surface area contributed by atoms with E-state index in [0.29, 0.717) is 0 Å². The van der Waals surface area contributed by atoms with Crippen LogP contribution in [0.5, 0.6) is 0 Å². The first-order chi connectivity index (χ1) is 6.03. The zero-order chi connectivity index (χ0) is 9.64. The van der Waals surface area contributed by atoms with Crippen LogP contribution in [-0.2, 0) is 0 Å². The molecule has 5 unspecified atom stereocenters. The van der Waals surface area contributed by atoms with Gasteiger partial charge in [0.1, 0.15) is 0 Å². The molecule has 0 bridgehead atoms. The monoisotopic (exact) mass is 180 g/mol. The van der Waals surface area contributed by atoms with E-state index >= 15 is 0 Å². The van der Waals surface area contributed by atoms with E-state index in [0.717, 1.165) is 29.1 Å². The second kappa shape index (κ2) is 3.00. The summed E-state index contributed by atoms with van der Waals surface area (Å²) < 4.78 is 0. The first-order valence-electron chi connectivity index (χ1n) is 6.03. The van der Waals surface area contributed by atoms with Crippen molar-refractivity contribution in [3.63, 3.8) is 0 Å². The van der Waals surface area contributed by atoms with E-state index in [-0.39, 0.29) is 0 Å². The smallest absolute Gasteiger partial charge is 0.0294 e. The van der Waals surface area contributed by atoms with E-state index in [1.54, 1.807) is 0 Å². The normalized spacial score (nSPS) is 55.4. The summed E-state index contributed by atoms with van der Waals surface area (Å²) in [7, 11) is 0. The molecule has 0 heterocycles. The van der Waals surface area contributed by atoms with Gasteiger partial charge in [0, 0.05) is 0 Å². The lowest BCUT2D eigenvalue weighted by Gasteiger charge is -2.22. The molecule has 13 heavy (non-hydrogen) atoms. The Morgan fingerprint density at radius 1 is 1.15 bits per heavy atom. The molecular formula is C13H24. The predicted octanol–water partition coefficient (Wildman–Crippen LogP) is 4.10. The van der Waals surface area contributed by atoms with Gasteiger partial charge in [0.15, 0.2) is 0 Å². The molecule has 2 saturated carbocycles. The van der Waals surface area contributed by atoms with Crippen molar-refractivity contribution in [2.75, 3.05) is 0 Å². The zero-order valence-electron chi connectivity index (χ0n) is 9.64. The number of rotatable bonds is 2. The molecule has 5 atom stereocenters. The lowest BCUT2D eigenvalue weighted by atomic mass is 9.84. The van der Waals surface area contributed by atoms with Gasteiger partial charge >= 0.3 is 0 Å². The minimum atomic E-state index is 0.739. The first-order valence-corrected chi connectivity index (χ1v) is 6.03. The highest BCUT2D eigenvalue weighted by Crippen LogP contribution is 2.58. The highest BCUT2D eigenvalue weighted by molar-refractivity contribution is 4.98. The second-order valence-corrected chi connectivity index (χ2v) is 6.14. The molecular weight excluding hydrogens is 156 g/mol. The molecule has 0 radical (unpaired) electrons. The molecule has 76 valence electrons. The van der Waals surface area contributed by atoms with Gasteiger partial charge in [0.05, 0.1) is 0 Å². The maximum absolute atomic E-state index is 2.49. The molecule has 0 nitrogen and oxygen atoms in total. The maximum atomic E-state index is 2.49. The quantitative estimate of drug-likeness (QED) is 0.600. The van der Waals surface area contributed by atoms with Crippen molar-refractivity contribution in [1.82, 2.24) is 0 Å². The van der Waals surface area contributed by atoms with E-state index < -0.39 is 0 Å². The highest BCUT2D eigenvalue weighted by atomic mass is 14.5. The van der Waals surface area contributed by atoms with Crippen LogP contribution in [0.4, 0.5) is 0 Å². The summed E-state index contributed by atoms with van der Waals surface area (Å²) in [6, 6.07) is 0. The molecule has 0 amide bonds. The summed E-state index contributed by atoms with van der Waals surface area (Å²) in [5.74, 6) is 4.04. The van der Waals surface area contributed by atoms with Gasteiger partial charge in [-0.25, -0.2) is 0 Å². The molecule has 0 saturated heterocycles. The molecule has 0 heteroatoms. The molecule has 2 rings (SSSR count). The Balaban J connectivity index is 1.89. The van der Waals surface area contributed by atoms with Crippen LogP contribution in [0.15, 0.2) is 0 Å². The van der Waals surface area contributed by atoms with E-state index in [1.165, 1.54) is 25.7 Å². The van der Waals surface area contributed by atoms with E-state index in [9.17, 15) is 0 Å². The maximum Gasteiger partial charge on any atom is -0.0294 e. The fraction of sp³-hybridized carbons (Fsp3) is 1.00. The van der Waals surface area contributed by atoms with Crippen LogP contribution in [-0.4, -0.2) is 0 Å². The first kappa shape index (κ1) is 9.55. The fourth-order valence-electron chi connectivity index (χ4n) is 3.28. The molecule has 0 aromatic carbocycles. The average Bonchev–Trinajstić information content (AvgIpc) is 2.54. The summed E-state index contributed by atoms with van der Waals surface area (Å²) in [5, 5.41) is 0. The minimum Gasteiger partial charge on any atom is -0.0622 e. The Kier molecular flexibility index (Phi) is 2.20. The van der Waals surface area contributed by atoms with Gasteiger partial charge in [-0.2, -0.15) is 0 Å². The second-order valence-electron chi connectivity index (χ2n) is 6.14. The Morgan fingerprint density at radius 3 is 2.15 bits per heavy atom. The van der Waals surface area contributed by atoms with Crippen LogP contribution in [0.25, 0.3) is 0 Å². The van der Waals surface area contributed by atoms with E-state index in [2.05, 4.69) is 27.7 Å². The van der Waals surface area contributed by atoms with Crippen LogP contribution in [0.3, 0.4) is 0 Å². The van der Waals surface area contributed by atoms with Crippen LogP contribution >= 0.6 is 0 Å². The Morgan fingerprint density at radius 2 is 1.77 bits per heavy atom. The molecule has 0 aromatic rings. The average molecular weight is 180 g/mol. The third kappa shape index (κ3) is 1.65. The van der Waals surface area contributed by atoms with Gasteiger partial charge in [0.25, 0.3) is 0 Å². The molecule has 0 aliphatic heterocycles. The SMILES string of the molecule is CC1CCC(CC2(C)CC2C)C1C. The molecule has 2 fully saturated rings. The minimum absolute atomic E-state index is 0.739. The van der Waals surface area contributed by atoms with Crippen molar-refractivity contribution >= 4 is 0 Å². The molecule has 0 N–H and O–H groups in total. The van der Waals surface area contributed by atoms with Crippen molar-refractivity contribution in [2.24, 2.45) is 29.1 Å². The van der Waals surface area contributed by atoms with Crippen LogP contribution in [0, 0.1) is 29.1 Å². The summed E-state index contributed by atoms with van der Waals surface area (Å²) in [4.78, 5) is 0. The third-order valence-corrected chi connectivity index (χ3v) is 5.16. The van der Waals surface area contributed by atoms with E-state index in [4.69, 9.17) is 0 Å². The number of hydrogen-bond acceptors (Lipinski definition) is 0. The van der Waals surface area contributed by atoms with Crippen molar-refractivity contribution in [2.45, 2.75) is 53.4 Å². The largest absolute Gasteiger partial charge is 0.0622 e. The van der Waals surface area contributed by atoms with E-state index in [1.807, 2.05) is 0 Å². The van der Waals surface area contributed by atoms with Crippen LogP contribution in [0.2, 0.25) is 0 Å². The Hall–Kier alpha value is 0. The molecule has 2 aliphatic rings. The zero-order valence-corrected chi connectivity index (χ0v) is 9.64. The summed E-state index contributed by atoms with van der Waals surface area (Å²) in [5.41, 5.74) is 0.739. The fourth-order valence-corrected chi connectivity index (χ4v) is 3.28. The van der Waals surface area contributed by atoms with Gasteiger partial charge in [-0.3, -0.25) is 0 Å². The number of hydrogen-bond donors (Lipinski definition) is 0. The molecule has 0 spiro atoms. The predicted molar refractivity (Wildman–Crippen MR) is 57.6 cm³/mol. The highest BCUT2D eigenvalue weighted by Gasteiger charge is 2.48. The van der Waals surface area contributed by atoms with Crippen molar-refractivity contribution in [3.05, 3.63) is 0 Å². The van der Waals surface area contributed by atoms with Gasteiger partial charge in [-0.05, 0) is 48.3 Å². The van der Waals surface area contributed by atoms with Gasteiger partial charge < -0.3 is 0 Å². The Labute approximate surface area is 83.1 Å². The Bertz CT molecular complexity index is 196. The van der Waals surface area contributed by atoms with Crippen molar-refractivity contribution < 1.29 is 0 Å². The standard InChI is InChI=1S/C13H24/c1-9-5-6-12(11(9)3)8-13(4)7-10(13)2/h9-12H,5-8H2,1-4H3. The van der Waals surface area contributed by atoms with Crippen molar-refractivity contribution in [1.29, 1.82) is 0 Å². The topological polar surface area (TPSA) is 0 Å². The lowest BCUT2D eigenvalue weighted by Crippen LogP contribution is -2.13. The van der Waals surface area contributed by atoms with Gasteiger partial charge in [0.2, 0.25) is 0 Å². The van der Waals surface area contributed by atoms with Crippen LogP contribution in [0.1, 0.15) is 53.4 Å². The van der Waals surface area contributed by atoms with Crippen molar-refractivity contribution in [3.8, 4) is 0 Å².